The van der Waals surface area contributed by atoms with Gasteiger partial charge in [0, 0.05) is 24.4 Å². The second-order valence-electron chi connectivity index (χ2n) is 6.50. The Bertz CT molecular complexity index is 882. The Morgan fingerprint density at radius 1 is 1.32 bits per heavy atom. The van der Waals surface area contributed by atoms with E-state index in [2.05, 4.69) is 32.1 Å². The maximum Gasteiger partial charge on any atom is 0.223 e. The first-order chi connectivity index (χ1) is 13.5. The third kappa shape index (κ3) is 4.81. The summed E-state index contributed by atoms with van der Waals surface area (Å²) >= 11 is 6.23. The van der Waals surface area contributed by atoms with Gasteiger partial charge in [-0.25, -0.2) is 4.98 Å². The van der Waals surface area contributed by atoms with E-state index >= 15 is 0 Å². The van der Waals surface area contributed by atoms with Crippen molar-refractivity contribution < 1.29 is 14.9 Å². The zero-order chi connectivity index (χ0) is 20.1. The molecule has 2 aromatic rings. The van der Waals surface area contributed by atoms with E-state index in [0.29, 0.717) is 42.3 Å². The number of nitrogen functional groups attached to an aromatic ring is 1. The number of aliphatic hydroxyl groups excluding tert-OH is 2. The highest BCUT2D eigenvalue weighted by Crippen LogP contribution is 2.30. The van der Waals surface area contributed by atoms with Gasteiger partial charge in [0.2, 0.25) is 11.8 Å². The quantitative estimate of drug-likeness (QED) is 0.436. The molecular formula is C19H22ClN5O3. The molecule has 0 spiro atoms. The van der Waals surface area contributed by atoms with Crippen molar-refractivity contribution in [1.29, 1.82) is 0 Å². The summed E-state index contributed by atoms with van der Waals surface area (Å²) in [6, 6.07) is 3.24. The molecule has 3 atom stereocenters. The summed E-state index contributed by atoms with van der Waals surface area (Å²) in [7, 11) is 0. The van der Waals surface area contributed by atoms with Crippen LogP contribution in [0.2, 0.25) is 5.15 Å². The molecule has 28 heavy (non-hydrogen) atoms. The average molecular weight is 404 g/mol. The predicted molar refractivity (Wildman–Crippen MR) is 106 cm³/mol. The number of aromatic nitrogens is 3. The number of rotatable bonds is 5. The van der Waals surface area contributed by atoms with E-state index in [1.807, 2.05) is 6.92 Å². The van der Waals surface area contributed by atoms with E-state index in [1.165, 1.54) is 0 Å². The van der Waals surface area contributed by atoms with Crippen molar-refractivity contribution in [2.24, 2.45) is 5.92 Å². The topological polar surface area (TPSA) is 126 Å². The standard InChI is InChI=1S/C19H22ClN5O3/c1-2-28-16-6-4-11(9-22-16)3-5-13-17(20)24-19(21)25-18(13)23-14-7-12(10-26)8-15(14)27/h4,6,9,12,14-15,26-27H,2,7-8,10H2,1H3,(H3,21,23,24,25)/t12-,14+,15+/m0/s1. The Morgan fingerprint density at radius 2 is 2.14 bits per heavy atom. The van der Waals surface area contributed by atoms with Gasteiger partial charge in [-0.1, -0.05) is 23.4 Å². The third-order valence-corrected chi connectivity index (χ3v) is 4.72. The molecule has 2 heterocycles. The molecule has 0 aliphatic heterocycles. The largest absolute Gasteiger partial charge is 0.478 e. The molecule has 9 heteroatoms. The molecule has 2 aromatic heterocycles. The van der Waals surface area contributed by atoms with Crippen LogP contribution in [-0.2, 0) is 0 Å². The van der Waals surface area contributed by atoms with Gasteiger partial charge in [-0.3, -0.25) is 0 Å². The number of anilines is 2. The zero-order valence-electron chi connectivity index (χ0n) is 15.4. The van der Waals surface area contributed by atoms with Crippen molar-refractivity contribution in [2.75, 3.05) is 24.3 Å². The van der Waals surface area contributed by atoms with Crippen molar-refractivity contribution in [3.8, 4) is 17.7 Å². The Hall–Kier alpha value is -2.60. The van der Waals surface area contributed by atoms with E-state index in [-0.39, 0.29) is 29.7 Å². The molecule has 148 valence electrons. The van der Waals surface area contributed by atoms with Gasteiger partial charge in [-0.15, -0.1) is 0 Å². The summed E-state index contributed by atoms with van der Waals surface area (Å²) in [5.41, 5.74) is 6.77. The lowest BCUT2D eigenvalue weighted by Crippen LogP contribution is -2.29. The van der Waals surface area contributed by atoms with Crippen molar-refractivity contribution in [2.45, 2.75) is 31.9 Å². The van der Waals surface area contributed by atoms with E-state index in [1.54, 1.807) is 18.3 Å². The summed E-state index contributed by atoms with van der Waals surface area (Å²) in [6.45, 7) is 2.45. The molecule has 0 unspecified atom stereocenters. The Morgan fingerprint density at radius 3 is 2.79 bits per heavy atom. The first-order valence-corrected chi connectivity index (χ1v) is 9.37. The highest BCUT2D eigenvalue weighted by molar-refractivity contribution is 6.31. The molecule has 3 rings (SSSR count). The number of ether oxygens (including phenoxy) is 1. The Kier molecular flexibility index (Phi) is 6.52. The van der Waals surface area contributed by atoms with Crippen molar-refractivity contribution in [3.05, 3.63) is 34.6 Å². The number of hydrogen-bond donors (Lipinski definition) is 4. The molecule has 0 aromatic carbocycles. The highest BCUT2D eigenvalue weighted by Gasteiger charge is 2.33. The lowest BCUT2D eigenvalue weighted by atomic mass is 10.1. The van der Waals surface area contributed by atoms with Gasteiger partial charge in [0.15, 0.2) is 5.15 Å². The normalized spacial score (nSPS) is 21.1. The molecule has 8 nitrogen and oxygen atoms in total. The zero-order valence-corrected chi connectivity index (χ0v) is 16.1. The number of halogens is 1. The fourth-order valence-electron chi connectivity index (χ4n) is 3.09. The summed E-state index contributed by atoms with van der Waals surface area (Å²) in [5.74, 6) is 6.84. The van der Waals surface area contributed by atoms with Crippen molar-refractivity contribution in [1.82, 2.24) is 15.0 Å². The molecular weight excluding hydrogens is 382 g/mol. The van der Waals surface area contributed by atoms with E-state index in [4.69, 9.17) is 22.1 Å². The number of hydrogen-bond acceptors (Lipinski definition) is 8. The minimum Gasteiger partial charge on any atom is -0.478 e. The average Bonchev–Trinajstić information content (AvgIpc) is 3.02. The van der Waals surface area contributed by atoms with Crippen LogP contribution in [0.1, 0.15) is 30.9 Å². The molecule has 0 amide bonds. The molecule has 0 saturated heterocycles. The fraction of sp³-hybridized carbons (Fsp3) is 0.421. The van der Waals surface area contributed by atoms with Crippen LogP contribution in [0.25, 0.3) is 0 Å². The Labute approximate surface area is 168 Å². The van der Waals surface area contributed by atoms with Crippen LogP contribution in [0.3, 0.4) is 0 Å². The lowest BCUT2D eigenvalue weighted by Gasteiger charge is -2.18. The predicted octanol–water partition coefficient (Wildman–Crippen LogP) is 1.45. The monoisotopic (exact) mass is 403 g/mol. The van der Waals surface area contributed by atoms with Crippen LogP contribution in [-0.4, -0.2) is 50.5 Å². The smallest absolute Gasteiger partial charge is 0.223 e. The summed E-state index contributed by atoms with van der Waals surface area (Å²) in [5, 5.41) is 22.8. The van der Waals surface area contributed by atoms with Crippen LogP contribution in [0, 0.1) is 17.8 Å². The molecule has 1 saturated carbocycles. The van der Waals surface area contributed by atoms with Gasteiger partial charge in [-0.2, -0.15) is 9.97 Å². The lowest BCUT2D eigenvalue weighted by molar-refractivity contribution is 0.157. The molecule has 1 aliphatic rings. The van der Waals surface area contributed by atoms with Crippen LogP contribution in [0.15, 0.2) is 18.3 Å². The third-order valence-electron chi connectivity index (χ3n) is 4.45. The molecule has 0 radical (unpaired) electrons. The summed E-state index contributed by atoms with van der Waals surface area (Å²) in [4.78, 5) is 12.3. The van der Waals surface area contributed by atoms with Gasteiger partial charge in [0.1, 0.15) is 11.4 Å². The second-order valence-corrected chi connectivity index (χ2v) is 6.86. The molecule has 5 N–H and O–H groups in total. The summed E-state index contributed by atoms with van der Waals surface area (Å²) in [6.07, 6.45) is 2.11. The number of aliphatic hydroxyl groups is 2. The first kappa shape index (κ1) is 20.1. The maximum absolute atomic E-state index is 10.2. The van der Waals surface area contributed by atoms with Crippen LogP contribution >= 0.6 is 11.6 Å². The van der Waals surface area contributed by atoms with E-state index < -0.39 is 6.10 Å². The van der Waals surface area contributed by atoms with Crippen molar-refractivity contribution >= 4 is 23.4 Å². The van der Waals surface area contributed by atoms with Gasteiger partial charge in [-0.05, 0) is 31.7 Å². The van der Waals surface area contributed by atoms with Gasteiger partial charge >= 0.3 is 0 Å². The second kappa shape index (κ2) is 9.06. The number of pyridine rings is 1. The molecule has 1 fully saturated rings. The maximum atomic E-state index is 10.2. The molecule has 0 bridgehead atoms. The van der Waals surface area contributed by atoms with Crippen LogP contribution in [0.4, 0.5) is 11.8 Å². The SMILES string of the molecule is CCOc1ccc(C#Cc2c(Cl)nc(N)nc2N[C@@H]2C[C@H](CO)C[C@H]2O)cn1. The number of nitrogens with zero attached hydrogens (tertiary/aromatic N) is 3. The van der Waals surface area contributed by atoms with Gasteiger partial charge in [0.05, 0.1) is 18.8 Å². The van der Waals surface area contributed by atoms with E-state index in [9.17, 15) is 10.2 Å². The first-order valence-electron chi connectivity index (χ1n) is 8.99. The number of nitrogens with two attached hydrogens (primary N) is 1. The fourth-order valence-corrected chi connectivity index (χ4v) is 3.31. The van der Waals surface area contributed by atoms with Crippen molar-refractivity contribution in [3.63, 3.8) is 0 Å². The highest BCUT2D eigenvalue weighted by atomic mass is 35.5. The Balaban J connectivity index is 1.85. The number of nitrogens with one attached hydrogen (secondary N) is 1. The van der Waals surface area contributed by atoms with E-state index in [0.717, 1.165) is 0 Å². The molecule has 1 aliphatic carbocycles. The minimum atomic E-state index is -0.608. The van der Waals surface area contributed by atoms with Gasteiger partial charge < -0.3 is 26.0 Å². The van der Waals surface area contributed by atoms with Crippen LogP contribution in [0.5, 0.6) is 5.88 Å². The van der Waals surface area contributed by atoms with Crippen LogP contribution < -0.4 is 15.8 Å². The minimum absolute atomic E-state index is 0.00646. The van der Waals surface area contributed by atoms with Gasteiger partial charge in [0.25, 0.3) is 0 Å². The summed E-state index contributed by atoms with van der Waals surface area (Å²) < 4.78 is 5.31.